The Hall–Kier alpha value is -2.32. The molecule has 3 rings (SSSR count). The monoisotopic (exact) mass is 337 g/mol. The van der Waals surface area contributed by atoms with Gasteiger partial charge < -0.3 is 5.32 Å². The minimum absolute atomic E-state index is 0.0326. The second kappa shape index (κ2) is 7.50. The first-order chi connectivity index (χ1) is 11.6. The molecule has 1 atom stereocenters. The van der Waals surface area contributed by atoms with Crippen LogP contribution in [0.5, 0.6) is 0 Å². The molecule has 0 saturated carbocycles. The molecule has 0 aliphatic carbocycles. The van der Waals surface area contributed by atoms with Crippen molar-refractivity contribution in [3.8, 4) is 0 Å². The summed E-state index contributed by atoms with van der Waals surface area (Å²) in [6, 6.07) is 22.0. The number of amides is 1. The van der Waals surface area contributed by atoms with Gasteiger partial charge in [0, 0.05) is 11.4 Å². The van der Waals surface area contributed by atoms with Gasteiger partial charge in [-0.1, -0.05) is 72.3 Å². The molecule has 0 unspecified atom stereocenters. The second-order valence-electron chi connectivity index (χ2n) is 5.95. The number of carbonyl (C=O) groups is 1. The highest BCUT2D eigenvalue weighted by Crippen LogP contribution is 2.24. The lowest BCUT2D eigenvalue weighted by Crippen LogP contribution is -2.27. The molecule has 0 fully saturated rings. The van der Waals surface area contributed by atoms with Crippen LogP contribution in [0, 0.1) is 0 Å². The van der Waals surface area contributed by atoms with Crippen LogP contribution in [0.4, 0.5) is 0 Å². The predicted octanol–water partition coefficient (Wildman–Crippen LogP) is 5.30. The van der Waals surface area contributed by atoms with Gasteiger partial charge in [0.2, 0.25) is 5.91 Å². The topological polar surface area (TPSA) is 29.1 Å². The quantitative estimate of drug-likeness (QED) is 0.672. The largest absolute Gasteiger partial charge is 0.350 e. The van der Waals surface area contributed by atoms with Gasteiger partial charge in [0.15, 0.2) is 0 Å². The summed E-state index contributed by atoms with van der Waals surface area (Å²) in [4.78, 5) is 12.3. The number of hydrogen-bond donors (Lipinski definition) is 1. The number of hydrogen-bond acceptors (Lipinski definition) is 1. The van der Waals surface area contributed by atoms with E-state index >= 15 is 0 Å². The molecule has 24 heavy (non-hydrogen) atoms. The molecule has 3 aromatic rings. The first-order valence-electron chi connectivity index (χ1n) is 8.15. The first-order valence-corrected chi connectivity index (χ1v) is 8.53. The zero-order valence-corrected chi connectivity index (χ0v) is 14.4. The van der Waals surface area contributed by atoms with Gasteiger partial charge in [-0.05, 0) is 41.3 Å². The molecular weight excluding hydrogens is 318 g/mol. The Labute approximate surface area is 147 Å². The van der Waals surface area contributed by atoms with Crippen molar-refractivity contribution in [1.82, 2.24) is 5.32 Å². The van der Waals surface area contributed by atoms with Gasteiger partial charge >= 0.3 is 0 Å². The second-order valence-corrected chi connectivity index (χ2v) is 6.36. The highest BCUT2D eigenvalue weighted by atomic mass is 35.5. The van der Waals surface area contributed by atoms with Crippen molar-refractivity contribution in [2.75, 3.05) is 0 Å². The van der Waals surface area contributed by atoms with Gasteiger partial charge in [-0.15, -0.1) is 0 Å². The van der Waals surface area contributed by atoms with Crippen molar-refractivity contribution < 1.29 is 4.79 Å². The standard InChI is InChI=1S/C21H20ClNO/c1-15(18-11-6-9-16-7-2-4-10-19(16)18)23-21(24)14-13-17-8-3-5-12-20(17)22/h2-12,15H,13-14H2,1H3,(H,23,24)/t15-/m1/s1. The van der Waals surface area contributed by atoms with Gasteiger partial charge in [0.1, 0.15) is 0 Å². The fourth-order valence-corrected chi connectivity index (χ4v) is 3.20. The highest BCUT2D eigenvalue weighted by molar-refractivity contribution is 6.31. The van der Waals surface area contributed by atoms with E-state index in [1.807, 2.05) is 49.4 Å². The Morgan fingerprint density at radius 2 is 1.71 bits per heavy atom. The third-order valence-corrected chi connectivity index (χ3v) is 4.62. The summed E-state index contributed by atoms with van der Waals surface area (Å²) >= 11 is 6.14. The van der Waals surface area contributed by atoms with Crippen molar-refractivity contribution in [2.24, 2.45) is 0 Å². The summed E-state index contributed by atoms with van der Waals surface area (Å²) in [5, 5.41) is 6.18. The lowest BCUT2D eigenvalue weighted by molar-refractivity contribution is -0.121. The SMILES string of the molecule is C[C@@H](NC(=O)CCc1ccccc1Cl)c1cccc2ccccc12. The maximum Gasteiger partial charge on any atom is 0.220 e. The molecule has 0 saturated heterocycles. The summed E-state index contributed by atoms with van der Waals surface area (Å²) in [6.07, 6.45) is 1.08. The van der Waals surface area contributed by atoms with Crippen LogP contribution in [0.2, 0.25) is 5.02 Å². The third-order valence-electron chi connectivity index (χ3n) is 4.25. The Morgan fingerprint density at radius 1 is 1.00 bits per heavy atom. The lowest BCUT2D eigenvalue weighted by Gasteiger charge is -2.17. The summed E-state index contributed by atoms with van der Waals surface area (Å²) < 4.78 is 0. The van der Waals surface area contributed by atoms with Crippen LogP contribution >= 0.6 is 11.6 Å². The normalized spacial score (nSPS) is 12.1. The number of benzene rings is 3. The van der Waals surface area contributed by atoms with Gasteiger partial charge in [0.25, 0.3) is 0 Å². The molecule has 0 radical (unpaired) electrons. The molecule has 3 heteroatoms. The predicted molar refractivity (Wildman–Crippen MR) is 100 cm³/mol. The molecule has 2 nitrogen and oxygen atoms in total. The van der Waals surface area contributed by atoms with Crippen LogP contribution in [-0.2, 0) is 11.2 Å². The van der Waals surface area contributed by atoms with Gasteiger partial charge in [-0.3, -0.25) is 4.79 Å². The van der Waals surface area contributed by atoms with Crippen LogP contribution < -0.4 is 5.32 Å². The zero-order valence-electron chi connectivity index (χ0n) is 13.6. The van der Waals surface area contributed by atoms with Gasteiger partial charge in [-0.2, -0.15) is 0 Å². The number of halogens is 1. The number of aryl methyl sites for hydroxylation is 1. The third kappa shape index (κ3) is 3.77. The Bertz CT molecular complexity index is 854. The smallest absolute Gasteiger partial charge is 0.220 e. The maximum absolute atomic E-state index is 12.3. The fraction of sp³-hybridized carbons (Fsp3) is 0.190. The van der Waals surface area contributed by atoms with E-state index in [9.17, 15) is 4.79 Å². The number of carbonyl (C=O) groups excluding carboxylic acids is 1. The van der Waals surface area contributed by atoms with Crippen LogP contribution in [-0.4, -0.2) is 5.91 Å². The van der Waals surface area contributed by atoms with E-state index in [4.69, 9.17) is 11.6 Å². The Kier molecular flexibility index (Phi) is 5.17. The van der Waals surface area contributed by atoms with Crippen LogP contribution in [0.3, 0.4) is 0 Å². The summed E-state index contributed by atoms with van der Waals surface area (Å²) in [7, 11) is 0. The summed E-state index contributed by atoms with van der Waals surface area (Å²) in [6.45, 7) is 2.02. The van der Waals surface area contributed by atoms with Crippen LogP contribution in [0.25, 0.3) is 10.8 Å². The number of rotatable bonds is 5. The molecule has 0 aliphatic heterocycles. The van der Waals surface area contributed by atoms with Crippen LogP contribution in [0.1, 0.15) is 30.5 Å². The van der Waals surface area contributed by atoms with E-state index in [2.05, 4.69) is 29.6 Å². The van der Waals surface area contributed by atoms with Crippen molar-refractivity contribution in [2.45, 2.75) is 25.8 Å². The molecule has 1 N–H and O–H groups in total. The summed E-state index contributed by atoms with van der Waals surface area (Å²) in [5.74, 6) is 0.0374. The Morgan fingerprint density at radius 3 is 2.54 bits per heavy atom. The molecule has 1 amide bonds. The molecule has 0 spiro atoms. The summed E-state index contributed by atoms with van der Waals surface area (Å²) in [5.41, 5.74) is 2.14. The van der Waals surface area contributed by atoms with Gasteiger partial charge in [0.05, 0.1) is 6.04 Å². The highest BCUT2D eigenvalue weighted by Gasteiger charge is 2.12. The number of nitrogens with one attached hydrogen (secondary N) is 1. The maximum atomic E-state index is 12.3. The zero-order chi connectivity index (χ0) is 16.9. The van der Waals surface area contributed by atoms with Crippen molar-refractivity contribution in [3.63, 3.8) is 0 Å². The van der Waals surface area contributed by atoms with E-state index in [1.165, 1.54) is 10.8 Å². The molecule has 0 heterocycles. The minimum atomic E-state index is -0.0326. The average Bonchev–Trinajstić information content (AvgIpc) is 2.60. The van der Waals surface area contributed by atoms with E-state index < -0.39 is 0 Å². The fourth-order valence-electron chi connectivity index (χ4n) is 2.97. The van der Waals surface area contributed by atoms with Gasteiger partial charge in [-0.25, -0.2) is 0 Å². The molecule has 0 aliphatic rings. The number of fused-ring (bicyclic) bond motifs is 1. The van der Waals surface area contributed by atoms with Crippen LogP contribution in [0.15, 0.2) is 66.7 Å². The molecular formula is C21H20ClNO. The van der Waals surface area contributed by atoms with Crippen molar-refractivity contribution in [3.05, 3.63) is 82.9 Å². The van der Waals surface area contributed by atoms with Crippen molar-refractivity contribution in [1.29, 1.82) is 0 Å². The average molecular weight is 338 g/mol. The first kappa shape index (κ1) is 16.5. The molecule has 0 aromatic heterocycles. The van der Waals surface area contributed by atoms with E-state index in [0.717, 1.165) is 11.1 Å². The lowest BCUT2D eigenvalue weighted by atomic mass is 9.99. The van der Waals surface area contributed by atoms with Crippen molar-refractivity contribution >= 4 is 28.3 Å². The van der Waals surface area contributed by atoms with E-state index in [1.54, 1.807) is 0 Å². The van der Waals surface area contributed by atoms with E-state index in [-0.39, 0.29) is 11.9 Å². The molecule has 0 bridgehead atoms. The minimum Gasteiger partial charge on any atom is -0.350 e. The Balaban J connectivity index is 1.67. The molecule has 3 aromatic carbocycles. The van der Waals surface area contributed by atoms with E-state index in [0.29, 0.717) is 17.9 Å². The molecule has 122 valence electrons.